The largest absolute Gasteiger partial charge is 0.321 e. The van der Waals surface area contributed by atoms with Gasteiger partial charge in [-0.2, -0.15) is 0 Å². The van der Waals surface area contributed by atoms with Crippen molar-refractivity contribution in [2.45, 2.75) is 88.5 Å². The van der Waals surface area contributed by atoms with E-state index in [2.05, 4.69) is 44.2 Å². The van der Waals surface area contributed by atoms with Crippen molar-refractivity contribution < 1.29 is 0 Å². The van der Waals surface area contributed by atoms with E-state index >= 15 is 0 Å². The molecule has 4 atom stereocenters. The molecule has 4 unspecified atom stereocenters. The molecule has 3 saturated carbocycles. The second kappa shape index (κ2) is 7.95. The summed E-state index contributed by atoms with van der Waals surface area (Å²) in [4.78, 5) is 1.41. The fourth-order valence-corrected chi connectivity index (χ4v) is 7.61. The third kappa shape index (κ3) is 3.31. The molecule has 0 bridgehead atoms. The van der Waals surface area contributed by atoms with Crippen LogP contribution in [0.5, 0.6) is 0 Å². The van der Waals surface area contributed by atoms with E-state index in [1.807, 2.05) is 11.8 Å². The maximum atomic E-state index is 7.24. The number of hydrogen-bond acceptors (Lipinski definition) is 2. The Morgan fingerprint density at radius 1 is 1.19 bits per heavy atom. The van der Waals surface area contributed by atoms with Gasteiger partial charge < -0.3 is 5.73 Å². The average molecular weight is 384 g/mol. The second-order valence-corrected chi connectivity index (χ2v) is 10.3. The Labute approximate surface area is 170 Å². The van der Waals surface area contributed by atoms with Crippen molar-refractivity contribution in [1.29, 1.82) is 0 Å². The SMILES string of the molecule is CCCCCCC1C2CCC3(N)/C(=C/CSc4ccccc4C)CCCC123. The third-order valence-electron chi connectivity index (χ3n) is 8.02. The molecule has 0 saturated heterocycles. The van der Waals surface area contributed by atoms with Crippen LogP contribution in [0.1, 0.15) is 76.7 Å². The molecule has 1 aromatic rings. The fourth-order valence-electron chi connectivity index (χ4n) is 6.67. The highest BCUT2D eigenvalue weighted by atomic mass is 32.2. The topological polar surface area (TPSA) is 26.0 Å². The first-order valence-corrected chi connectivity index (χ1v) is 12.3. The van der Waals surface area contributed by atoms with E-state index in [1.54, 1.807) is 5.57 Å². The Morgan fingerprint density at radius 3 is 2.85 bits per heavy atom. The third-order valence-corrected chi connectivity index (χ3v) is 9.12. The van der Waals surface area contributed by atoms with Crippen LogP contribution in [0.2, 0.25) is 0 Å². The van der Waals surface area contributed by atoms with Gasteiger partial charge in [-0.15, -0.1) is 11.8 Å². The van der Waals surface area contributed by atoms with Gasteiger partial charge in [0.1, 0.15) is 0 Å². The molecule has 3 aliphatic carbocycles. The molecule has 3 fully saturated rings. The van der Waals surface area contributed by atoms with Crippen molar-refractivity contribution in [3.8, 4) is 0 Å². The molecule has 0 amide bonds. The summed E-state index contributed by atoms with van der Waals surface area (Å²) in [5, 5.41) is 0. The van der Waals surface area contributed by atoms with Crippen LogP contribution >= 0.6 is 11.8 Å². The van der Waals surface area contributed by atoms with Crippen molar-refractivity contribution >= 4 is 11.8 Å². The lowest BCUT2D eigenvalue weighted by atomic mass is 9.66. The standard InChI is InChI=1S/C25H37NS/c1-3-4-5-6-12-21-22-14-17-25(26)20(11-9-16-24(21,22)25)15-18-27-23-13-8-7-10-19(23)2/h7-8,10,13,15,21-22H,3-6,9,11-12,14,16-18,26H2,1-2H3/b20-15+. The van der Waals surface area contributed by atoms with Crippen molar-refractivity contribution in [1.82, 2.24) is 0 Å². The van der Waals surface area contributed by atoms with Crippen LogP contribution in [0, 0.1) is 24.2 Å². The first-order valence-electron chi connectivity index (χ1n) is 11.3. The molecule has 148 valence electrons. The predicted octanol–water partition coefficient (Wildman–Crippen LogP) is 6.89. The number of thioether (sulfide) groups is 1. The lowest BCUT2D eigenvalue weighted by Crippen LogP contribution is -2.51. The van der Waals surface area contributed by atoms with Crippen LogP contribution in [0.4, 0.5) is 0 Å². The molecule has 27 heavy (non-hydrogen) atoms. The van der Waals surface area contributed by atoms with E-state index in [0.29, 0.717) is 5.41 Å². The number of nitrogens with two attached hydrogens (primary N) is 1. The summed E-state index contributed by atoms with van der Waals surface area (Å²) < 4.78 is 0. The van der Waals surface area contributed by atoms with Crippen molar-refractivity contribution in [3.63, 3.8) is 0 Å². The van der Waals surface area contributed by atoms with E-state index in [-0.39, 0.29) is 5.54 Å². The zero-order chi connectivity index (χ0) is 18.9. The molecule has 1 nitrogen and oxygen atoms in total. The highest BCUT2D eigenvalue weighted by Gasteiger charge is 2.76. The first kappa shape index (κ1) is 19.6. The summed E-state index contributed by atoms with van der Waals surface area (Å²) >= 11 is 1.97. The zero-order valence-electron chi connectivity index (χ0n) is 17.3. The van der Waals surface area contributed by atoms with Gasteiger partial charge in [-0.25, -0.2) is 0 Å². The Bertz CT molecular complexity index is 695. The lowest BCUT2D eigenvalue weighted by Gasteiger charge is -2.43. The first-order chi connectivity index (χ1) is 13.1. The van der Waals surface area contributed by atoms with Crippen LogP contribution in [0.3, 0.4) is 0 Å². The maximum Gasteiger partial charge on any atom is 0.0431 e. The van der Waals surface area contributed by atoms with Gasteiger partial charge in [0.2, 0.25) is 0 Å². The molecule has 1 spiro atoms. The van der Waals surface area contributed by atoms with E-state index in [9.17, 15) is 0 Å². The number of hydrogen-bond donors (Lipinski definition) is 1. The zero-order valence-corrected chi connectivity index (χ0v) is 18.1. The Hall–Kier alpha value is -0.730. The quantitative estimate of drug-likeness (QED) is 0.300. The second-order valence-electron chi connectivity index (χ2n) is 9.27. The van der Waals surface area contributed by atoms with Gasteiger partial charge in [-0.3, -0.25) is 0 Å². The number of benzene rings is 1. The molecular weight excluding hydrogens is 346 g/mol. The van der Waals surface area contributed by atoms with Crippen LogP contribution < -0.4 is 5.73 Å². The highest BCUT2D eigenvalue weighted by molar-refractivity contribution is 7.99. The Kier molecular flexibility index (Phi) is 5.77. The molecule has 0 heterocycles. The lowest BCUT2D eigenvalue weighted by molar-refractivity contribution is 0.213. The molecule has 0 aliphatic heterocycles. The molecule has 2 heteroatoms. The minimum atomic E-state index is 0.0254. The summed E-state index contributed by atoms with van der Waals surface area (Å²) in [5.41, 5.74) is 10.7. The summed E-state index contributed by atoms with van der Waals surface area (Å²) in [6.45, 7) is 4.52. The fraction of sp³-hybridized carbons (Fsp3) is 0.680. The summed E-state index contributed by atoms with van der Waals surface area (Å²) in [6, 6.07) is 8.74. The van der Waals surface area contributed by atoms with Crippen LogP contribution in [0.25, 0.3) is 0 Å². The monoisotopic (exact) mass is 383 g/mol. The number of aryl methyl sites for hydroxylation is 1. The average Bonchev–Trinajstić information content (AvgIpc) is 3.16. The van der Waals surface area contributed by atoms with Crippen molar-refractivity contribution in [2.24, 2.45) is 23.0 Å². The molecular formula is C25H37NS. The van der Waals surface area contributed by atoms with Crippen LogP contribution in [0.15, 0.2) is 40.8 Å². The molecule has 2 N–H and O–H groups in total. The van der Waals surface area contributed by atoms with E-state index < -0.39 is 0 Å². The molecule has 3 aliphatic rings. The molecule has 1 aromatic carbocycles. The summed E-state index contributed by atoms with van der Waals surface area (Å²) in [6.07, 6.45) is 16.2. The van der Waals surface area contributed by atoms with Gasteiger partial charge in [0.25, 0.3) is 0 Å². The van der Waals surface area contributed by atoms with Gasteiger partial charge in [-0.05, 0) is 74.3 Å². The van der Waals surface area contributed by atoms with Gasteiger partial charge >= 0.3 is 0 Å². The van der Waals surface area contributed by atoms with E-state index in [0.717, 1.165) is 17.6 Å². The Morgan fingerprint density at radius 2 is 2.04 bits per heavy atom. The molecule has 0 radical (unpaired) electrons. The van der Waals surface area contributed by atoms with E-state index in [1.165, 1.54) is 74.7 Å². The molecule has 0 aromatic heterocycles. The summed E-state index contributed by atoms with van der Waals surface area (Å²) in [7, 11) is 0. The van der Waals surface area contributed by atoms with Gasteiger partial charge in [-0.1, -0.05) is 62.5 Å². The highest BCUT2D eigenvalue weighted by Crippen LogP contribution is 2.78. The smallest absolute Gasteiger partial charge is 0.0431 e. The normalized spacial score (nSPS) is 35.9. The number of unbranched alkanes of at least 4 members (excludes halogenated alkanes) is 3. The molecule has 4 rings (SSSR count). The van der Waals surface area contributed by atoms with Crippen molar-refractivity contribution in [2.75, 3.05) is 5.75 Å². The van der Waals surface area contributed by atoms with Gasteiger partial charge in [0.05, 0.1) is 0 Å². The predicted molar refractivity (Wildman–Crippen MR) is 118 cm³/mol. The number of rotatable bonds is 8. The van der Waals surface area contributed by atoms with Crippen molar-refractivity contribution in [3.05, 3.63) is 41.5 Å². The van der Waals surface area contributed by atoms with Gasteiger partial charge in [0.15, 0.2) is 0 Å². The van der Waals surface area contributed by atoms with E-state index in [4.69, 9.17) is 5.73 Å². The maximum absolute atomic E-state index is 7.24. The minimum Gasteiger partial charge on any atom is -0.321 e. The Balaban J connectivity index is 1.42. The van der Waals surface area contributed by atoms with Crippen LogP contribution in [-0.4, -0.2) is 11.3 Å². The van der Waals surface area contributed by atoms with Crippen LogP contribution in [-0.2, 0) is 0 Å². The summed E-state index contributed by atoms with van der Waals surface area (Å²) in [5.74, 6) is 2.94. The minimum absolute atomic E-state index is 0.0254. The van der Waals surface area contributed by atoms with Gasteiger partial charge in [0, 0.05) is 16.2 Å².